The van der Waals surface area contributed by atoms with Crippen LogP contribution < -0.4 is 10.1 Å². The van der Waals surface area contributed by atoms with Crippen LogP contribution in [0, 0.1) is 0 Å². The second-order valence-corrected chi connectivity index (χ2v) is 4.96. The zero-order chi connectivity index (χ0) is 15.0. The molecule has 1 rings (SSSR count). The summed E-state index contributed by atoms with van der Waals surface area (Å²) in [5.74, 6) is 0.806. The van der Waals surface area contributed by atoms with Gasteiger partial charge in [-0.05, 0) is 33.0 Å². The van der Waals surface area contributed by atoms with Gasteiger partial charge in [-0.25, -0.2) is 0 Å². The summed E-state index contributed by atoms with van der Waals surface area (Å²) in [6.45, 7) is 12.8. The van der Waals surface area contributed by atoms with Gasteiger partial charge in [-0.2, -0.15) is 0 Å². The quantitative estimate of drug-likeness (QED) is 0.730. The maximum Gasteiger partial charge on any atom is 0.162 e. The SMILES string of the molecule is CCOc1cccc(CNC(C)CN(CC)CC)c1O. The molecule has 4 heteroatoms. The minimum atomic E-state index is 0.247. The summed E-state index contributed by atoms with van der Waals surface area (Å²) in [5.41, 5.74) is 0.877. The van der Waals surface area contributed by atoms with Gasteiger partial charge in [0, 0.05) is 24.7 Å². The number of nitrogens with zero attached hydrogens (tertiary/aromatic N) is 1. The first-order valence-corrected chi connectivity index (χ1v) is 7.51. The standard InChI is InChI=1S/C16H28N2O2/c1-5-18(6-2)12-13(4)17-11-14-9-8-10-15(16(14)19)20-7-3/h8-10,13,17,19H,5-7,11-12H2,1-4H3. The Morgan fingerprint density at radius 1 is 1.25 bits per heavy atom. The van der Waals surface area contributed by atoms with Gasteiger partial charge < -0.3 is 20.1 Å². The van der Waals surface area contributed by atoms with Crippen LogP contribution in [0.5, 0.6) is 11.5 Å². The summed E-state index contributed by atoms with van der Waals surface area (Å²) in [4.78, 5) is 2.38. The summed E-state index contributed by atoms with van der Waals surface area (Å²) >= 11 is 0. The number of phenols is 1. The van der Waals surface area contributed by atoms with Crippen LogP contribution in [0.15, 0.2) is 18.2 Å². The van der Waals surface area contributed by atoms with E-state index in [2.05, 4.69) is 31.0 Å². The fraction of sp³-hybridized carbons (Fsp3) is 0.625. The maximum atomic E-state index is 10.1. The van der Waals surface area contributed by atoms with Crippen LogP contribution in [-0.2, 0) is 6.54 Å². The Morgan fingerprint density at radius 2 is 1.95 bits per heavy atom. The smallest absolute Gasteiger partial charge is 0.162 e. The Bertz CT molecular complexity index is 392. The van der Waals surface area contributed by atoms with Gasteiger partial charge in [0.25, 0.3) is 0 Å². The monoisotopic (exact) mass is 280 g/mol. The Hall–Kier alpha value is -1.26. The second-order valence-electron chi connectivity index (χ2n) is 4.96. The van der Waals surface area contributed by atoms with Crippen molar-refractivity contribution in [2.75, 3.05) is 26.2 Å². The van der Waals surface area contributed by atoms with Gasteiger partial charge in [-0.1, -0.05) is 26.0 Å². The molecule has 0 aliphatic heterocycles. The summed E-state index contributed by atoms with van der Waals surface area (Å²) in [6, 6.07) is 6.01. The van der Waals surface area contributed by atoms with Crippen LogP contribution in [0.2, 0.25) is 0 Å². The van der Waals surface area contributed by atoms with Crippen molar-refractivity contribution in [3.05, 3.63) is 23.8 Å². The molecule has 0 aliphatic rings. The first-order chi connectivity index (χ1) is 9.62. The Labute approximate surface area is 122 Å². The fourth-order valence-corrected chi connectivity index (χ4v) is 2.20. The fourth-order valence-electron chi connectivity index (χ4n) is 2.20. The number of nitrogens with one attached hydrogen (secondary N) is 1. The lowest BCUT2D eigenvalue weighted by Gasteiger charge is -2.23. The zero-order valence-corrected chi connectivity index (χ0v) is 13.1. The highest BCUT2D eigenvalue weighted by Gasteiger charge is 2.10. The van der Waals surface area contributed by atoms with Crippen molar-refractivity contribution in [2.24, 2.45) is 0 Å². The molecule has 2 N–H and O–H groups in total. The molecule has 0 bridgehead atoms. The van der Waals surface area contributed by atoms with E-state index >= 15 is 0 Å². The van der Waals surface area contributed by atoms with Gasteiger partial charge >= 0.3 is 0 Å². The van der Waals surface area contributed by atoms with E-state index in [0.29, 0.717) is 24.9 Å². The normalized spacial score (nSPS) is 12.7. The Morgan fingerprint density at radius 3 is 2.55 bits per heavy atom. The molecule has 1 atom stereocenters. The van der Waals surface area contributed by atoms with Gasteiger partial charge in [-0.3, -0.25) is 0 Å². The van der Waals surface area contributed by atoms with Crippen molar-refractivity contribution in [1.82, 2.24) is 10.2 Å². The molecule has 1 aromatic carbocycles. The number of phenolic OH excluding ortho intramolecular Hbond substituents is 1. The van der Waals surface area contributed by atoms with Crippen molar-refractivity contribution in [2.45, 2.75) is 40.3 Å². The molecular formula is C16H28N2O2. The predicted molar refractivity (Wildman–Crippen MR) is 83.4 cm³/mol. The molecule has 0 fully saturated rings. The molecule has 0 radical (unpaired) electrons. The molecule has 20 heavy (non-hydrogen) atoms. The predicted octanol–water partition coefficient (Wildman–Crippen LogP) is 2.61. The molecule has 0 heterocycles. The van der Waals surface area contributed by atoms with E-state index in [1.54, 1.807) is 6.07 Å². The topological polar surface area (TPSA) is 44.7 Å². The average molecular weight is 280 g/mol. The minimum Gasteiger partial charge on any atom is -0.504 e. The van der Waals surface area contributed by atoms with Crippen LogP contribution in [0.3, 0.4) is 0 Å². The highest BCUT2D eigenvalue weighted by Crippen LogP contribution is 2.29. The number of hydrogen-bond acceptors (Lipinski definition) is 4. The summed E-state index contributed by atoms with van der Waals surface area (Å²) in [6.07, 6.45) is 0. The highest BCUT2D eigenvalue weighted by molar-refractivity contribution is 5.45. The number of hydrogen-bond donors (Lipinski definition) is 2. The van der Waals surface area contributed by atoms with Gasteiger partial charge in [0.2, 0.25) is 0 Å². The van der Waals surface area contributed by atoms with Crippen molar-refractivity contribution in [3.8, 4) is 11.5 Å². The van der Waals surface area contributed by atoms with Crippen LogP contribution >= 0.6 is 0 Å². The lowest BCUT2D eigenvalue weighted by Crippen LogP contribution is -2.38. The molecule has 0 aliphatic carbocycles. The summed E-state index contributed by atoms with van der Waals surface area (Å²) in [5, 5.41) is 13.6. The Kier molecular flexibility index (Phi) is 7.41. The molecule has 0 amide bonds. The van der Waals surface area contributed by atoms with Gasteiger partial charge in [0.15, 0.2) is 11.5 Å². The van der Waals surface area contributed by atoms with E-state index < -0.39 is 0 Å². The zero-order valence-electron chi connectivity index (χ0n) is 13.1. The number of para-hydroxylation sites is 1. The molecule has 0 saturated heterocycles. The highest BCUT2D eigenvalue weighted by atomic mass is 16.5. The summed E-state index contributed by atoms with van der Waals surface area (Å²) in [7, 11) is 0. The van der Waals surface area contributed by atoms with E-state index in [1.165, 1.54) is 0 Å². The van der Waals surface area contributed by atoms with Crippen LogP contribution in [0.25, 0.3) is 0 Å². The molecule has 1 unspecified atom stereocenters. The van der Waals surface area contributed by atoms with Crippen LogP contribution in [-0.4, -0.2) is 42.3 Å². The van der Waals surface area contributed by atoms with Crippen molar-refractivity contribution >= 4 is 0 Å². The minimum absolute atomic E-state index is 0.247. The van der Waals surface area contributed by atoms with E-state index in [4.69, 9.17) is 4.74 Å². The first-order valence-electron chi connectivity index (χ1n) is 7.51. The molecule has 0 aromatic heterocycles. The lowest BCUT2D eigenvalue weighted by atomic mass is 10.1. The molecule has 0 saturated carbocycles. The van der Waals surface area contributed by atoms with E-state index in [0.717, 1.165) is 25.2 Å². The van der Waals surface area contributed by atoms with Crippen molar-refractivity contribution in [1.29, 1.82) is 0 Å². The van der Waals surface area contributed by atoms with Gasteiger partial charge in [0.1, 0.15) is 0 Å². The van der Waals surface area contributed by atoms with Crippen LogP contribution in [0.4, 0.5) is 0 Å². The number of benzene rings is 1. The number of aromatic hydroxyl groups is 1. The van der Waals surface area contributed by atoms with Crippen molar-refractivity contribution in [3.63, 3.8) is 0 Å². The van der Waals surface area contributed by atoms with Gasteiger partial charge in [-0.15, -0.1) is 0 Å². The Balaban J connectivity index is 2.54. The third-order valence-corrected chi connectivity index (χ3v) is 3.45. The molecule has 114 valence electrons. The number of likely N-dealkylation sites (N-methyl/N-ethyl adjacent to an activating group) is 1. The lowest BCUT2D eigenvalue weighted by molar-refractivity contribution is 0.270. The first kappa shape index (κ1) is 16.8. The van der Waals surface area contributed by atoms with Gasteiger partial charge in [0.05, 0.1) is 6.61 Å². The van der Waals surface area contributed by atoms with Crippen molar-refractivity contribution < 1.29 is 9.84 Å². The third-order valence-electron chi connectivity index (χ3n) is 3.45. The second kappa shape index (κ2) is 8.82. The summed E-state index contributed by atoms with van der Waals surface area (Å²) < 4.78 is 5.40. The molecule has 4 nitrogen and oxygen atoms in total. The molecule has 0 spiro atoms. The van der Waals surface area contributed by atoms with E-state index in [-0.39, 0.29) is 5.75 Å². The van der Waals surface area contributed by atoms with E-state index in [1.807, 2.05) is 19.1 Å². The number of rotatable bonds is 9. The third kappa shape index (κ3) is 5.02. The van der Waals surface area contributed by atoms with E-state index in [9.17, 15) is 5.11 Å². The molecule has 1 aromatic rings. The number of ether oxygens (including phenoxy) is 1. The van der Waals surface area contributed by atoms with Crippen LogP contribution in [0.1, 0.15) is 33.3 Å². The average Bonchev–Trinajstić information content (AvgIpc) is 2.46. The maximum absolute atomic E-state index is 10.1. The molecular weight excluding hydrogens is 252 g/mol. The largest absolute Gasteiger partial charge is 0.504 e.